The minimum absolute atomic E-state index is 0.135. The van der Waals surface area contributed by atoms with Crippen molar-refractivity contribution in [2.75, 3.05) is 5.32 Å². The van der Waals surface area contributed by atoms with E-state index in [1.165, 1.54) is 29.5 Å². The third kappa shape index (κ3) is 3.63. The number of fused-ring (bicyclic) bond motifs is 1. The summed E-state index contributed by atoms with van der Waals surface area (Å²) < 4.78 is 1.20. The third-order valence-electron chi connectivity index (χ3n) is 7.68. The fourth-order valence-electron chi connectivity index (χ4n) is 6.64. The monoisotopic (exact) mass is 461 g/mol. The Labute approximate surface area is 197 Å². The van der Waals surface area contributed by atoms with Gasteiger partial charge in [-0.2, -0.15) is 0 Å². The number of benzene rings is 2. The summed E-state index contributed by atoms with van der Waals surface area (Å²) in [5.74, 6) is 2.36. The fraction of sp³-hybridized carbons (Fsp3) is 0.423. The van der Waals surface area contributed by atoms with Crippen molar-refractivity contribution in [3.63, 3.8) is 0 Å². The summed E-state index contributed by atoms with van der Waals surface area (Å²) in [5, 5.41) is 7.63. The number of thiocarbonyl (C=S) groups is 1. The van der Waals surface area contributed by atoms with Crippen LogP contribution in [0.4, 0.5) is 5.69 Å². The predicted molar refractivity (Wildman–Crippen MR) is 135 cm³/mol. The van der Waals surface area contributed by atoms with Crippen LogP contribution >= 0.6 is 23.6 Å². The van der Waals surface area contributed by atoms with Crippen molar-refractivity contribution in [1.82, 2.24) is 10.3 Å². The van der Waals surface area contributed by atoms with E-state index < -0.39 is 0 Å². The number of carbonyl (C=O) groups is 1. The van der Waals surface area contributed by atoms with Crippen molar-refractivity contribution >= 4 is 50.5 Å². The summed E-state index contributed by atoms with van der Waals surface area (Å²) in [6, 6.07) is 14.4. The number of hydrogen-bond acceptors (Lipinski definition) is 4. The molecule has 4 fully saturated rings. The fourth-order valence-corrected chi connectivity index (χ4v) is 7.92. The summed E-state index contributed by atoms with van der Waals surface area (Å²) in [4.78, 5) is 18.0. The van der Waals surface area contributed by atoms with Crippen LogP contribution in [0.25, 0.3) is 20.8 Å². The topological polar surface area (TPSA) is 54.0 Å². The van der Waals surface area contributed by atoms with Gasteiger partial charge in [0, 0.05) is 11.3 Å². The van der Waals surface area contributed by atoms with E-state index in [4.69, 9.17) is 17.2 Å². The Morgan fingerprint density at radius 1 is 1.03 bits per heavy atom. The number of rotatable bonds is 3. The molecule has 0 radical (unpaired) electrons. The van der Waals surface area contributed by atoms with Gasteiger partial charge in [0.2, 0.25) is 5.91 Å². The first-order chi connectivity index (χ1) is 15.5. The Morgan fingerprint density at radius 3 is 2.34 bits per heavy atom. The Kier molecular flexibility index (Phi) is 4.84. The molecule has 4 aliphatic rings. The van der Waals surface area contributed by atoms with Crippen LogP contribution in [0.3, 0.4) is 0 Å². The van der Waals surface area contributed by atoms with E-state index in [0.717, 1.165) is 58.8 Å². The molecule has 0 unspecified atom stereocenters. The molecule has 0 atom stereocenters. The number of anilines is 1. The molecular weight excluding hydrogens is 434 g/mol. The summed E-state index contributed by atoms with van der Waals surface area (Å²) in [5.41, 5.74) is 4.05. The van der Waals surface area contributed by atoms with Crippen LogP contribution in [0, 0.1) is 30.1 Å². The van der Waals surface area contributed by atoms with Gasteiger partial charge >= 0.3 is 0 Å². The molecule has 4 aliphatic carbocycles. The van der Waals surface area contributed by atoms with Crippen LogP contribution in [-0.4, -0.2) is 16.0 Å². The number of nitrogens with one attached hydrogen (secondary N) is 2. The average molecular weight is 462 g/mol. The minimum Gasteiger partial charge on any atom is -0.332 e. The van der Waals surface area contributed by atoms with Crippen molar-refractivity contribution in [2.45, 2.75) is 45.4 Å². The van der Waals surface area contributed by atoms with Gasteiger partial charge < -0.3 is 10.6 Å². The third-order valence-corrected chi connectivity index (χ3v) is 8.95. The highest BCUT2D eigenvalue weighted by atomic mass is 32.1. The van der Waals surface area contributed by atoms with E-state index in [-0.39, 0.29) is 11.3 Å². The molecule has 1 heterocycles. The molecule has 4 bridgehead atoms. The van der Waals surface area contributed by atoms with Crippen molar-refractivity contribution in [1.29, 1.82) is 0 Å². The van der Waals surface area contributed by atoms with E-state index >= 15 is 0 Å². The zero-order valence-electron chi connectivity index (χ0n) is 18.2. The van der Waals surface area contributed by atoms with E-state index in [9.17, 15) is 4.79 Å². The average Bonchev–Trinajstić information content (AvgIpc) is 3.16. The molecule has 1 amide bonds. The van der Waals surface area contributed by atoms with Gasteiger partial charge in [-0.25, -0.2) is 4.98 Å². The Bertz CT molecular complexity index is 1180. The number of amides is 1. The maximum atomic E-state index is 13.2. The maximum absolute atomic E-state index is 13.2. The smallest absolute Gasteiger partial charge is 0.232 e. The predicted octanol–water partition coefficient (Wildman–Crippen LogP) is 6.30. The summed E-state index contributed by atoms with van der Waals surface area (Å²) >= 11 is 7.20. The van der Waals surface area contributed by atoms with Gasteiger partial charge in [0.25, 0.3) is 0 Å². The van der Waals surface area contributed by atoms with Crippen molar-refractivity contribution in [3.05, 3.63) is 48.0 Å². The lowest BCUT2D eigenvalue weighted by molar-refractivity contribution is -0.144. The lowest BCUT2D eigenvalue weighted by Gasteiger charge is -2.55. The zero-order valence-corrected chi connectivity index (χ0v) is 19.8. The normalized spacial score (nSPS) is 28.1. The Hall–Kier alpha value is -2.31. The first-order valence-corrected chi connectivity index (χ1v) is 12.8. The second-order valence-electron chi connectivity index (χ2n) is 10.2. The van der Waals surface area contributed by atoms with Gasteiger partial charge in [-0.05, 0) is 117 Å². The quantitative estimate of drug-likeness (QED) is 0.449. The molecule has 1 aromatic heterocycles. The molecular formula is C26H27N3OS2. The van der Waals surface area contributed by atoms with Crippen LogP contribution in [0.15, 0.2) is 42.5 Å². The van der Waals surface area contributed by atoms with Gasteiger partial charge in [-0.15, -0.1) is 11.3 Å². The number of aromatic nitrogens is 1. The highest BCUT2D eigenvalue weighted by Gasteiger charge is 2.54. The second kappa shape index (κ2) is 7.63. The molecule has 3 aromatic rings. The zero-order chi connectivity index (χ0) is 21.9. The molecule has 0 aliphatic heterocycles. The number of nitrogens with zero attached hydrogens (tertiary/aromatic N) is 1. The minimum atomic E-state index is -0.185. The summed E-state index contributed by atoms with van der Waals surface area (Å²) in [7, 11) is 0. The van der Waals surface area contributed by atoms with Crippen LogP contribution in [-0.2, 0) is 4.79 Å². The SMILES string of the molecule is Cc1ccc2nc(-c3ccc(NC(=S)NC(=O)C45CC6CC(CC(C6)C4)C5)cc3)sc2c1. The lowest BCUT2D eigenvalue weighted by Crippen LogP contribution is -2.55. The lowest BCUT2D eigenvalue weighted by atomic mass is 9.49. The van der Waals surface area contributed by atoms with Crippen LogP contribution < -0.4 is 10.6 Å². The van der Waals surface area contributed by atoms with E-state index in [2.05, 4.69) is 47.9 Å². The van der Waals surface area contributed by atoms with Gasteiger partial charge in [0.15, 0.2) is 5.11 Å². The largest absolute Gasteiger partial charge is 0.332 e. The number of aryl methyl sites for hydroxylation is 1. The second-order valence-corrected chi connectivity index (χ2v) is 11.6. The number of hydrogen-bond donors (Lipinski definition) is 2. The number of carbonyl (C=O) groups excluding carboxylic acids is 1. The van der Waals surface area contributed by atoms with Gasteiger partial charge in [0.05, 0.1) is 15.6 Å². The molecule has 164 valence electrons. The molecule has 4 saturated carbocycles. The van der Waals surface area contributed by atoms with E-state index in [1.54, 1.807) is 11.3 Å². The highest BCUT2D eigenvalue weighted by molar-refractivity contribution is 7.80. The van der Waals surface area contributed by atoms with Gasteiger partial charge in [-0.3, -0.25) is 4.79 Å². The molecule has 0 saturated heterocycles. The van der Waals surface area contributed by atoms with Crippen LogP contribution in [0.5, 0.6) is 0 Å². The molecule has 4 nitrogen and oxygen atoms in total. The van der Waals surface area contributed by atoms with Crippen molar-refractivity contribution in [3.8, 4) is 10.6 Å². The Balaban J connectivity index is 1.12. The van der Waals surface area contributed by atoms with Crippen LogP contribution in [0.1, 0.15) is 44.1 Å². The van der Waals surface area contributed by atoms with E-state index in [0.29, 0.717) is 5.11 Å². The van der Waals surface area contributed by atoms with Crippen LogP contribution in [0.2, 0.25) is 0 Å². The van der Waals surface area contributed by atoms with Gasteiger partial charge in [-0.1, -0.05) is 6.07 Å². The summed E-state index contributed by atoms with van der Waals surface area (Å²) in [6.07, 6.45) is 7.12. The summed E-state index contributed by atoms with van der Waals surface area (Å²) in [6.45, 7) is 2.10. The van der Waals surface area contributed by atoms with E-state index in [1.807, 2.05) is 12.1 Å². The van der Waals surface area contributed by atoms with Gasteiger partial charge in [0.1, 0.15) is 5.01 Å². The highest BCUT2D eigenvalue weighted by Crippen LogP contribution is 2.60. The molecule has 0 spiro atoms. The first kappa shape index (κ1) is 20.3. The molecule has 32 heavy (non-hydrogen) atoms. The standard InChI is InChI=1S/C26H27N3OS2/c1-15-2-7-21-22(8-15)32-23(28-21)19-3-5-20(6-4-19)27-25(31)29-24(30)26-12-16-9-17(13-26)11-18(10-16)14-26/h2-8,16-18H,9-14H2,1H3,(H2,27,29,30,31). The molecule has 2 N–H and O–H groups in total. The van der Waals surface area contributed by atoms with Crippen molar-refractivity contribution in [2.24, 2.45) is 23.2 Å². The number of thiazole rings is 1. The van der Waals surface area contributed by atoms with Crippen molar-refractivity contribution < 1.29 is 4.79 Å². The molecule has 6 heteroatoms. The maximum Gasteiger partial charge on any atom is 0.232 e. The molecule has 2 aromatic carbocycles. The Morgan fingerprint density at radius 2 is 1.69 bits per heavy atom. The molecule has 7 rings (SSSR count). The first-order valence-electron chi connectivity index (χ1n) is 11.6.